The molecule has 1 saturated carbocycles. The lowest BCUT2D eigenvalue weighted by molar-refractivity contribution is -0.158. The molecular formula is C12H17F2NOS. The molecule has 0 aliphatic heterocycles. The van der Waals surface area contributed by atoms with Gasteiger partial charge in [0.25, 0.3) is 0 Å². The van der Waals surface area contributed by atoms with E-state index in [-0.39, 0.29) is 12.8 Å². The van der Waals surface area contributed by atoms with Crippen LogP contribution in [0.4, 0.5) is 8.78 Å². The number of aliphatic hydroxyl groups is 1. The van der Waals surface area contributed by atoms with E-state index in [2.05, 4.69) is 0 Å². The number of thiophene rings is 1. The first-order valence-corrected chi connectivity index (χ1v) is 6.48. The Morgan fingerprint density at radius 2 is 2.06 bits per heavy atom. The minimum atomic E-state index is -1.16. The Balaban J connectivity index is 2.09. The molecule has 1 aromatic rings. The smallest absolute Gasteiger partial charge is 0.0977 e. The van der Waals surface area contributed by atoms with Gasteiger partial charge in [-0.2, -0.15) is 0 Å². The third kappa shape index (κ3) is 2.11. The predicted octanol–water partition coefficient (Wildman–Crippen LogP) is 2.51. The van der Waals surface area contributed by atoms with Gasteiger partial charge >= 0.3 is 0 Å². The van der Waals surface area contributed by atoms with Gasteiger partial charge in [-0.1, -0.05) is 0 Å². The van der Waals surface area contributed by atoms with Crippen molar-refractivity contribution >= 4 is 11.3 Å². The third-order valence-corrected chi connectivity index (χ3v) is 4.50. The Bertz CT molecular complexity index is 395. The normalized spacial score (nSPS) is 23.1. The number of alkyl halides is 2. The van der Waals surface area contributed by atoms with Crippen molar-refractivity contribution in [3.05, 3.63) is 21.9 Å². The Morgan fingerprint density at radius 1 is 1.47 bits per heavy atom. The molecule has 2 nitrogen and oxygen atoms in total. The molecule has 1 unspecified atom stereocenters. The SMILES string of the molecule is Cc1cc(C(N)C2(O)CC(CF)(CF)C2)cs1. The third-order valence-electron chi connectivity index (χ3n) is 3.62. The van der Waals surface area contributed by atoms with Crippen LogP contribution < -0.4 is 5.73 Å². The molecule has 0 spiro atoms. The zero-order valence-electron chi connectivity index (χ0n) is 9.75. The Hall–Kier alpha value is -0.520. The maximum Gasteiger partial charge on any atom is 0.0977 e. The van der Waals surface area contributed by atoms with Crippen LogP contribution in [0.5, 0.6) is 0 Å². The average molecular weight is 261 g/mol. The van der Waals surface area contributed by atoms with Gasteiger partial charge in [-0.3, -0.25) is 8.78 Å². The maximum atomic E-state index is 12.7. The van der Waals surface area contributed by atoms with Gasteiger partial charge in [0.1, 0.15) is 0 Å². The summed E-state index contributed by atoms with van der Waals surface area (Å²) in [6, 6.07) is 1.36. The molecule has 1 atom stereocenters. The molecule has 3 N–H and O–H groups in total. The van der Waals surface area contributed by atoms with E-state index in [0.29, 0.717) is 0 Å². The second kappa shape index (κ2) is 4.30. The monoisotopic (exact) mass is 261 g/mol. The van der Waals surface area contributed by atoms with Gasteiger partial charge in [-0.15, -0.1) is 11.3 Å². The van der Waals surface area contributed by atoms with Gasteiger partial charge in [0.15, 0.2) is 0 Å². The molecule has 1 aliphatic carbocycles. The molecule has 5 heteroatoms. The van der Waals surface area contributed by atoms with Crippen molar-refractivity contribution in [3.63, 3.8) is 0 Å². The Labute approximate surface area is 103 Å². The van der Waals surface area contributed by atoms with E-state index < -0.39 is 30.4 Å². The molecule has 17 heavy (non-hydrogen) atoms. The van der Waals surface area contributed by atoms with E-state index in [1.54, 1.807) is 11.3 Å². The molecule has 2 rings (SSSR count). The summed E-state index contributed by atoms with van der Waals surface area (Å²) >= 11 is 1.56. The molecule has 0 bridgehead atoms. The number of hydrogen-bond acceptors (Lipinski definition) is 3. The van der Waals surface area contributed by atoms with Gasteiger partial charge in [-0.05, 0) is 36.8 Å². The number of hydrogen-bond donors (Lipinski definition) is 2. The van der Waals surface area contributed by atoms with Crippen LogP contribution in [-0.2, 0) is 0 Å². The van der Waals surface area contributed by atoms with Crippen LogP contribution >= 0.6 is 11.3 Å². The summed E-state index contributed by atoms with van der Waals surface area (Å²) in [4.78, 5) is 1.11. The number of rotatable bonds is 4. The van der Waals surface area contributed by atoms with Gasteiger partial charge in [0, 0.05) is 10.3 Å². The summed E-state index contributed by atoms with van der Waals surface area (Å²) in [5, 5.41) is 12.2. The van der Waals surface area contributed by atoms with Crippen molar-refractivity contribution in [1.82, 2.24) is 0 Å². The van der Waals surface area contributed by atoms with Gasteiger partial charge < -0.3 is 10.8 Å². The molecule has 0 radical (unpaired) electrons. The predicted molar refractivity (Wildman–Crippen MR) is 64.6 cm³/mol. The van der Waals surface area contributed by atoms with Crippen molar-refractivity contribution in [2.75, 3.05) is 13.3 Å². The van der Waals surface area contributed by atoms with E-state index in [4.69, 9.17) is 5.73 Å². The minimum Gasteiger partial charge on any atom is -0.388 e. The van der Waals surface area contributed by atoms with Gasteiger partial charge in [-0.25, -0.2) is 0 Å². The Kier molecular flexibility index (Phi) is 3.27. The standard InChI is InChI=1S/C12H17F2NOS/c1-8-2-9(3-17-8)10(15)12(16)4-11(5-12,6-13)7-14/h2-3,10,16H,4-7,15H2,1H3. The van der Waals surface area contributed by atoms with Crippen LogP contribution in [0, 0.1) is 12.3 Å². The van der Waals surface area contributed by atoms with Crippen LogP contribution in [0.3, 0.4) is 0 Å². The lowest BCUT2D eigenvalue weighted by Gasteiger charge is -2.53. The van der Waals surface area contributed by atoms with E-state index in [1.165, 1.54) is 0 Å². The fourth-order valence-corrected chi connectivity index (χ4v) is 3.37. The highest BCUT2D eigenvalue weighted by atomic mass is 32.1. The van der Waals surface area contributed by atoms with E-state index >= 15 is 0 Å². The summed E-state index contributed by atoms with van der Waals surface area (Å²) in [6.07, 6.45) is 0.201. The minimum absolute atomic E-state index is 0.100. The summed E-state index contributed by atoms with van der Waals surface area (Å²) in [5.74, 6) is 0. The van der Waals surface area contributed by atoms with Crippen molar-refractivity contribution < 1.29 is 13.9 Å². The largest absolute Gasteiger partial charge is 0.388 e. The first kappa shape index (κ1) is 12.9. The zero-order chi connectivity index (χ0) is 12.7. The molecule has 0 saturated heterocycles. The first-order valence-electron chi connectivity index (χ1n) is 5.60. The van der Waals surface area contributed by atoms with Gasteiger partial charge in [0.2, 0.25) is 0 Å². The molecule has 0 amide bonds. The molecule has 1 heterocycles. The lowest BCUT2D eigenvalue weighted by Crippen LogP contribution is -2.59. The molecule has 1 aromatic heterocycles. The van der Waals surface area contributed by atoms with Crippen molar-refractivity contribution in [3.8, 4) is 0 Å². The molecule has 96 valence electrons. The first-order chi connectivity index (χ1) is 7.95. The highest BCUT2D eigenvalue weighted by Crippen LogP contribution is 2.53. The lowest BCUT2D eigenvalue weighted by atomic mass is 9.57. The van der Waals surface area contributed by atoms with Crippen molar-refractivity contribution in [2.24, 2.45) is 11.1 Å². The fraction of sp³-hybridized carbons (Fsp3) is 0.667. The zero-order valence-corrected chi connectivity index (χ0v) is 10.6. The summed E-state index contributed by atoms with van der Waals surface area (Å²) < 4.78 is 25.4. The molecule has 0 aromatic carbocycles. The van der Waals surface area contributed by atoms with Crippen molar-refractivity contribution in [2.45, 2.75) is 31.4 Å². The van der Waals surface area contributed by atoms with Gasteiger partial charge in [0.05, 0.1) is 25.0 Å². The highest BCUT2D eigenvalue weighted by Gasteiger charge is 2.57. The number of halogens is 2. The van der Waals surface area contributed by atoms with Crippen LogP contribution in [0.1, 0.15) is 29.3 Å². The van der Waals surface area contributed by atoms with Crippen LogP contribution in [0.25, 0.3) is 0 Å². The Morgan fingerprint density at radius 3 is 2.47 bits per heavy atom. The van der Waals surface area contributed by atoms with E-state index in [0.717, 1.165) is 10.4 Å². The molecule has 1 fully saturated rings. The average Bonchev–Trinajstić information content (AvgIpc) is 2.70. The quantitative estimate of drug-likeness (QED) is 0.874. The summed E-state index contributed by atoms with van der Waals surface area (Å²) in [5.41, 5.74) is 4.68. The van der Waals surface area contributed by atoms with Crippen LogP contribution in [0.15, 0.2) is 11.4 Å². The highest BCUT2D eigenvalue weighted by molar-refractivity contribution is 7.10. The number of aryl methyl sites for hydroxylation is 1. The second-order valence-corrected chi connectivity index (χ2v) is 6.31. The van der Waals surface area contributed by atoms with Crippen molar-refractivity contribution in [1.29, 1.82) is 0 Å². The van der Waals surface area contributed by atoms with E-state index in [9.17, 15) is 13.9 Å². The topological polar surface area (TPSA) is 46.2 Å². The fourth-order valence-electron chi connectivity index (χ4n) is 2.63. The summed E-state index contributed by atoms with van der Waals surface area (Å²) in [7, 11) is 0. The van der Waals surface area contributed by atoms with Crippen LogP contribution in [-0.4, -0.2) is 24.1 Å². The number of nitrogens with two attached hydrogens (primary N) is 1. The molecular weight excluding hydrogens is 244 g/mol. The van der Waals surface area contributed by atoms with Crippen LogP contribution in [0.2, 0.25) is 0 Å². The van der Waals surface area contributed by atoms with E-state index in [1.807, 2.05) is 18.4 Å². The second-order valence-electron chi connectivity index (χ2n) is 5.19. The summed E-state index contributed by atoms with van der Waals surface area (Å²) in [6.45, 7) is 0.488. The maximum absolute atomic E-state index is 12.7. The molecule has 1 aliphatic rings.